The lowest BCUT2D eigenvalue weighted by Crippen LogP contribution is -2.42. The molecule has 0 bridgehead atoms. The van der Waals surface area contributed by atoms with Gasteiger partial charge in [0.15, 0.2) is 0 Å². The molecular weight excluding hydrogens is 385 g/mol. The van der Waals surface area contributed by atoms with Crippen LogP contribution >= 0.6 is 0 Å². The van der Waals surface area contributed by atoms with Gasteiger partial charge in [-0.1, -0.05) is 0 Å². The minimum atomic E-state index is -0.788. The number of rotatable bonds is 5. The maximum absolute atomic E-state index is 14.2. The molecule has 2 aromatic carbocycles. The Balaban J connectivity index is 1.65. The Hall–Kier alpha value is -3.49. The Morgan fingerprint density at radius 3 is 2.55 bits per heavy atom. The third-order valence-corrected chi connectivity index (χ3v) is 4.77. The van der Waals surface area contributed by atoms with Gasteiger partial charge in [0.25, 0.3) is 0 Å². The van der Waals surface area contributed by atoms with Gasteiger partial charge in [0.2, 0.25) is 11.8 Å². The molecule has 1 aliphatic heterocycles. The average Bonchev–Trinajstić information content (AvgIpc) is 3.24. The van der Waals surface area contributed by atoms with Crippen molar-refractivity contribution in [2.24, 2.45) is 0 Å². The van der Waals surface area contributed by atoms with Crippen LogP contribution in [-0.2, 0) is 9.59 Å². The van der Waals surface area contributed by atoms with Crippen molar-refractivity contribution in [3.8, 4) is 11.3 Å². The van der Waals surface area contributed by atoms with Crippen molar-refractivity contribution in [3.05, 3.63) is 53.8 Å². The van der Waals surface area contributed by atoms with Gasteiger partial charge < -0.3 is 20.9 Å². The molecule has 9 heteroatoms. The Morgan fingerprint density at radius 2 is 1.86 bits per heavy atom. The van der Waals surface area contributed by atoms with E-state index in [1.165, 1.54) is 24.3 Å². The summed E-state index contributed by atoms with van der Waals surface area (Å²) < 4.78 is 41.3. The normalized spacial score (nSPS) is 16.1. The van der Waals surface area contributed by atoms with Crippen LogP contribution in [0.25, 0.3) is 22.2 Å². The summed E-state index contributed by atoms with van der Waals surface area (Å²) in [5, 5.41) is 8.34. The largest absolute Gasteiger partial charge is 0.374 e. The van der Waals surface area contributed by atoms with Crippen molar-refractivity contribution in [2.45, 2.75) is 12.5 Å². The molecule has 1 fully saturated rings. The number of hydrogen-bond acceptors (Lipinski definition) is 3. The fourth-order valence-electron chi connectivity index (χ4n) is 3.38. The molecule has 29 heavy (non-hydrogen) atoms. The molecule has 1 atom stereocenters. The molecule has 0 radical (unpaired) electrons. The summed E-state index contributed by atoms with van der Waals surface area (Å²) in [5.74, 6) is -2.69. The van der Waals surface area contributed by atoms with E-state index in [4.69, 9.17) is 0 Å². The second kappa shape index (κ2) is 7.50. The number of carbonyl (C=O) groups is 2. The van der Waals surface area contributed by atoms with Gasteiger partial charge in [-0.2, -0.15) is 0 Å². The molecule has 6 nitrogen and oxygen atoms in total. The van der Waals surface area contributed by atoms with E-state index in [1.807, 2.05) is 0 Å². The number of H-pyrrole nitrogens is 1. The van der Waals surface area contributed by atoms with E-state index in [1.54, 1.807) is 0 Å². The standard InChI is InChI=1S/C20H17F3N4O2/c21-11-3-1-10(2-4-11)17-19(13-7-12(22)8-14(23)18(13)27-17)25-9-16(28)26-15-5-6-24-20(15)29/h1-4,7-8,15,25,27H,5-6,9H2,(H,24,29)(H,26,28)/t15-/m0/s1. The number of carbonyl (C=O) groups excluding carboxylic acids is 2. The number of aromatic amines is 1. The Kier molecular flexibility index (Phi) is 4.87. The second-order valence-corrected chi connectivity index (χ2v) is 6.75. The highest BCUT2D eigenvalue weighted by Gasteiger charge is 2.25. The first kappa shape index (κ1) is 18.9. The van der Waals surface area contributed by atoms with Gasteiger partial charge in [0.05, 0.1) is 23.4 Å². The number of nitrogens with one attached hydrogen (secondary N) is 4. The topological polar surface area (TPSA) is 86.0 Å². The Labute approximate surface area is 163 Å². The first-order valence-corrected chi connectivity index (χ1v) is 9.00. The Bertz CT molecular complexity index is 1100. The fourth-order valence-corrected chi connectivity index (χ4v) is 3.38. The molecule has 2 amide bonds. The summed E-state index contributed by atoms with van der Waals surface area (Å²) in [6.45, 7) is 0.274. The zero-order valence-electron chi connectivity index (χ0n) is 15.1. The van der Waals surface area contributed by atoms with Gasteiger partial charge in [-0.05, 0) is 36.8 Å². The van der Waals surface area contributed by atoms with Gasteiger partial charge >= 0.3 is 0 Å². The van der Waals surface area contributed by atoms with Crippen molar-refractivity contribution in [2.75, 3.05) is 18.4 Å². The smallest absolute Gasteiger partial charge is 0.242 e. The van der Waals surface area contributed by atoms with Crippen molar-refractivity contribution < 1.29 is 22.8 Å². The lowest BCUT2D eigenvalue weighted by atomic mass is 10.1. The fraction of sp³-hybridized carbons (Fsp3) is 0.200. The van der Waals surface area contributed by atoms with E-state index in [2.05, 4.69) is 20.9 Å². The molecule has 3 aromatic rings. The minimum Gasteiger partial charge on any atom is -0.374 e. The van der Waals surface area contributed by atoms with E-state index < -0.39 is 29.4 Å². The summed E-state index contributed by atoms with van der Waals surface area (Å²) in [6.07, 6.45) is 0.495. The quantitative estimate of drug-likeness (QED) is 0.529. The third-order valence-electron chi connectivity index (χ3n) is 4.77. The summed E-state index contributed by atoms with van der Waals surface area (Å²) in [4.78, 5) is 26.7. The van der Waals surface area contributed by atoms with E-state index in [-0.39, 0.29) is 23.4 Å². The van der Waals surface area contributed by atoms with Gasteiger partial charge in [-0.15, -0.1) is 0 Å². The number of hydrogen-bond donors (Lipinski definition) is 4. The monoisotopic (exact) mass is 402 g/mol. The highest BCUT2D eigenvalue weighted by molar-refractivity contribution is 6.02. The summed E-state index contributed by atoms with van der Waals surface area (Å²) in [5.41, 5.74) is 1.27. The first-order valence-electron chi connectivity index (χ1n) is 9.00. The van der Waals surface area contributed by atoms with Crippen LogP contribution in [0.2, 0.25) is 0 Å². The maximum Gasteiger partial charge on any atom is 0.242 e. The van der Waals surface area contributed by atoms with Gasteiger partial charge in [-0.3, -0.25) is 9.59 Å². The molecular formula is C20H17F3N4O2. The molecule has 0 aliphatic carbocycles. The van der Waals surface area contributed by atoms with E-state index in [9.17, 15) is 22.8 Å². The lowest BCUT2D eigenvalue weighted by molar-refractivity contribution is -0.126. The van der Waals surface area contributed by atoms with Crippen molar-refractivity contribution in [3.63, 3.8) is 0 Å². The number of halogens is 3. The lowest BCUT2D eigenvalue weighted by Gasteiger charge is -2.12. The SMILES string of the molecule is O=C(CNc1c(-c2ccc(F)cc2)[nH]c2c(F)cc(F)cc12)N[C@H]1CCNC1=O. The minimum absolute atomic E-state index is 0.0591. The van der Waals surface area contributed by atoms with Crippen LogP contribution in [0, 0.1) is 17.5 Å². The molecule has 1 aromatic heterocycles. The third kappa shape index (κ3) is 3.75. The second-order valence-electron chi connectivity index (χ2n) is 6.75. The van der Waals surface area contributed by atoms with E-state index in [0.717, 1.165) is 12.1 Å². The van der Waals surface area contributed by atoms with Crippen LogP contribution in [0.3, 0.4) is 0 Å². The molecule has 0 saturated carbocycles. The first-order chi connectivity index (χ1) is 13.9. The number of anilines is 1. The molecule has 4 N–H and O–H groups in total. The van der Waals surface area contributed by atoms with Gasteiger partial charge in [-0.25, -0.2) is 13.2 Å². The zero-order valence-corrected chi connectivity index (χ0v) is 15.1. The molecule has 0 spiro atoms. The molecule has 0 unspecified atom stereocenters. The van der Waals surface area contributed by atoms with Gasteiger partial charge in [0.1, 0.15) is 23.5 Å². The van der Waals surface area contributed by atoms with E-state index in [0.29, 0.717) is 29.9 Å². The number of amides is 2. The maximum atomic E-state index is 14.2. The predicted octanol–water partition coefficient (Wildman–Crippen LogP) is 2.67. The van der Waals surface area contributed by atoms with E-state index >= 15 is 0 Å². The van der Waals surface area contributed by atoms with Crippen LogP contribution in [0.15, 0.2) is 36.4 Å². The number of fused-ring (bicyclic) bond motifs is 1. The summed E-state index contributed by atoms with van der Waals surface area (Å²) in [7, 11) is 0. The van der Waals surface area contributed by atoms with Crippen LogP contribution in [0.1, 0.15) is 6.42 Å². The molecule has 2 heterocycles. The molecule has 1 aliphatic rings. The highest BCUT2D eigenvalue weighted by Crippen LogP contribution is 2.36. The highest BCUT2D eigenvalue weighted by atomic mass is 19.1. The van der Waals surface area contributed by atoms with Crippen LogP contribution in [-0.4, -0.2) is 35.9 Å². The number of benzene rings is 2. The molecule has 150 valence electrons. The average molecular weight is 402 g/mol. The van der Waals surface area contributed by atoms with Crippen LogP contribution < -0.4 is 16.0 Å². The molecule has 4 rings (SSSR count). The van der Waals surface area contributed by atoms with Crippen LogP contribution in [0.5, 0.6) is 0 Å². The van der Waals surface area contributed by atoms with Crippen molar-refractivity contribution in [1.82, 2.24) is 15.6 Å². The Morgan fingerprint density at radius 1 is 1.10 bits per heavy atom. The molecule has 1 saturated heterocycles. The zero-order chi connectivity index (χ0) is 20.5. The predicted molar refractivity (Wildman–Crippen MR) is 102 cm³/mol. The summed E-state index contributed by atoms with van der Waals surface area (Å²) >= 11 is 0. The summed E-state index contributed by atoms with van der Waals surface area (Å²) in [6, 6.07) is 6.76. The number of aromatic nitrogens is 1. The van der Waals surface area contributed by atoms with Crippen LogP contribution in [0.4, 0.5) is 18.9 Å². The van der Waals surface area contributed by atoms with Crippen molar-refractivity contribution in [1.29, 1.82) is 0 Å². The van der Waals surface area contributed by atoms with Crippen molar-refractivity contribution >= 4 is 28.4 Å². The van der Waals surface area contributed by atoms with Gasteiger partial charge in [0, 0.05) is 23.6 Å².